The number of methoxy groups -OCH3 is 1. The Bertz CT molecular complexity index is 703. The van der Waals surface area contributed by atoms with Crippen LogP contribution in [0, 0.1) is 11.8 Å². The molecule has 0 bridgehead atoms. The van der Waals surface area contributed by atoms with E-state index in [9.17, 15) is 9.59 Å². The standard InChI is InChI=1S/C23H35NO5/c1-6-12-29-23(11-7-8-17(4)14-23)22(26)24-18-9-10-20(28-15-16(2)3)19(13-18)21(25)27-5/h9-10,13,16-17H,6-8,11-12,14-15H2,1-5H3,(H,24,26)/t17-,23-/m0/s1. The van der Waals surface area contributed by atoms with E-state index in [1.807, 2.05) is 20.8 Å². The van der Waals surface area contributed by atoms with Gasteiger partial charge in [-0.15, -0.1) is 0 Å². The van der Waals surface area contributed by atoms with Crippen LogP contribution in [0.15, 0.2) is 18.2 Å². The average Bonchev–Trinajstić information content (AvgIpc) is 2.70. The molecule has 2 atom stereocenters. The van der Waals surface area contributed by atoms with Crippen molar-refractivity contribution in [2.75, 3.05) is 25.6 Å². The van der Waals surface area contributed by atoms with Gasteiger partial charge in [0, 0.05) is 12.3 Å². The van der Waals surface area contributed by atoms with Gasteiger partial charge < -0.3 is 19.5 Å². The van der Waals surface area contributed by atoms with E-state index in [2.05, 4.69) is 12.2 Å². The summed E-state index contributed by atoms with van der Waals surface area (Å²) in [5.74, 6) is 0.562. The van der Waals surface area contributed by atoms with Gasteiger partial charge in [-0.3, -0.25) is 4.79 Å². The Hall–Kier alpha value is -2.08. The fraction of sp³-hybridized carbons (Fsp3) is 0.652. The molecule has 0 spiro atoms. The van der Waals surface area contributed by atoms with E-state index >= 15 is 0 Å². The van der Waals surface area contributed by atoms with E-state index in [0.717, 1.165) is 19.3 Å². The van der Waals surface area contributed by atoms with E-state index in [1.165, 1.54) is 7.11 Å². The van der Waals surface area contributed by atoms with Crippen LogP contribution in [0.4, 0.5) is 5.69 Å². The Kier molecular flexibility index (Phi) is 8.50. The fourth-order valence-electron chi connectivity index (χ4n) is 3.71. The lowest BCUT2D eigenvalue weighted by Crippen LogP contribution is -2.48. The minimum absolute atomic E-state index is 0.149. The van der Waals surface area contributed by atoms with Crippen LogP contribution in [0.1, 0.15) is 70.2 Å². The van der Waals surface area contributed by atoms with Crippen molar-refractivity contribution in [2.45, 2.75) is 65.4 Å². The number of carbonyl (C=O) groups is 2. The molecule has 2 rings (SSSR count). The average molecular weight is 406 g/mol. The molecule has 1 aliphatic rings. The molecule has 29 heavy (non-hydrogen) atoms. The van der Waals surface area contributed by atoms with Gasteiger partial charge in [-0.2, -0.15) is 0 Å². The van der Waals surface area contributed by atoms with Crippen molar-refractivity contribution in [1.29, 1.82) is 0 Å². The molecule has 0 aromatic heterocycles. The molecular formula is C23H35NO5. The third-order valence-corrected chi connectivity index (χ3v) is 5.17. The monoisotopic (exact) mass is 405 g/mol. The van der Waals surface area contributed by atoms with Crippen LogP contribution < -0.4 is 10.1 Å². The van der Waals surface area contributed by atoms with Crippen molar-refractivity contribution >= 4 is 17.6 Å². The van der Waals surface area contributed by atoms with Crippen molar-refractivity contribution < 1.29 is 23.8 Å². The molecule has 1 aromatic rings. The van der Waals surface area contributed by atoms with Gasteiger partial charge in [0.2, 0.25) is 0 Å². The Morgan fingerprint density at radius 1 is 1.31 bits per heavy atom. The van der Waals surface area contributed by atoms with Gasteiger partial charge in [0.25, 0.3) is 5.91 Å². The van der Waals surface area contributed by atoms with Gasteiger partial charge in [0.15, 0.2) is 0 Å². The predicted molar refractivity (Wildman–Crippen MR) is 113 cm³/mol. The largest absolute Gasteiger partial charge is 0.492 e. The zero-order valence-corrected chi connectivity index (χ0v) is 18.4. The molecule has 1 fully saturated rings. The molecular weight excluding hydrogens is 370 g/mol. The van der Waals surface area contributed by atoms with Crippen molar-refractivity contribution in [3.05, 3.63) is 23.8 Å². The van der Waals surface area contributed by atoms with Crippen LogP contribution in [0.2, 0.25) is 0 Å². The summed E-state index contributed by atoms with van der Waals surface area (Å²) in [7, 11) is 1.33. The number of hydrogen-bond acceptors (Lipinski definition) is 5. The normalized spacial score (nSPS) is 21.7. The zero-order chi connectivity index (χ0) is 21.4. The first-order chi connectivity index (χ1) is 13.8. The van der Waals surface area contributed by atoms with Crippen LogP contribution in [0.25, 0.3) is 0 Å². The minimum atomic E-state index is -0.814. The summed E-state index contributed by atoms with van der Waals surface area (Å²) in [5.41, 5.74) is 0.0165. The second-order valence-corrected chi connectivity index (χ2v) is 8.41. The summed E-state index contributed by atoms with van der Waals surface area (Å²) in [6, 6.07) is 5.06. The number of nitrogens with one attached hydrogen (secondary N) is 1. The van der Waals surface area contributed by atoms with Crippen LogP contribution in [0.3, 0.4) is 0 Å². The van der Waals surface area contributed by atoms with E-state index in [1.54, 1.807) is 18.2 Å². The molecule has 0 unspecified atom stereocenters. The predicted octanol–water partition coefficient (Wildman–Crippen LogP) is 4.82. The highest BCUT2D eigenvalue weighted by atomic mass is 16.5. The summed E-state index contributed by atoms with van der Waals surface area (Å²) in [6.07, 6.45) is 4.35. The number of ether oxygens (including phenoxy) is 3. The molecule has 162 valence electrons. The minimum Gasteiger partial charge on any atom is -0.492 e. The van der Waals surface area contributed by atoms with E-state index < -0.39 is 11.6 Å². The summed E-state index contributed by atoms with van der Waals surface area (Å²) >= 11 is 0. The topological polar surface area (TPSA) is 73.9 Å². The Labute approximate surface area is 174 Å². The molecule has 1 aliphatic carbocycles. The van der Waals surface area contributed by atoms with Gasteiger partial charge >= 0.3 is 5.97 Å². The first-order valence-corrected chi connectivity index (χ1v) is 10.6. The third kappa shape index (κ3) is 6.20. The third-order valence-electron chi connectivity index (χ3n) is 5.17. The highest BCUT2D eigenvalue weighted by Crippen LogP contribution is 2.36. The SMILES string of the molecule is CCCO[C@@]1(C(=O)Nc2ccc(OCC(C)C)c(C(=O)OC)c2)CCC[C@H](C)C1. The van der Waals surface area contributed by atoms with Crippen molar-refractivity contribution in [2.24, 2.45) is 11.8 Å². The maximum Gasteiger partial charge on any atom is 0.341 e. The molecule has 6 heteroatoms. The Morgan fingerprint density at radius 3 is 2.69 bits per heavy atom. The maximum atomic E-state index is 13.2. The lowest BCUT2D eigenvalue weighted by molar-refractivity contribution is -0.148. The lowest BCUT2D eigenvalue weighted by Gasteiger charge is -2.38. The molecule has 0 aliphatic heterocycles. The molecule has 1 aromatic carbocycles. The van der Waals surface area contributed by atoms with E-state index in [-0.39, 0.29) is 5.91 Å². The number of esters is 1. The molecule has 6 nitrogen and oxygen atoms in total. The van der Waals surface area contributed by atoms with Gasteiger partial charge in [-0.25, -0.2) is 4.79 Å². The van der Waals surface area contributed by atoms with Crippen molar-refractivity contribution in [1.82, 2.24) is 0 Å². The number of hydrogen-bond donors (Lipinski definition) is 1. The number of amides is 1. The lowest BCUT2D eigenvalue weighted by atomic mass is 9.78. The van der Waals surface area contributed by atoms with Gasteiger partial charge in [0.05, 0.1) is 13.7 Å². The van der Waals surface area contributed by atoms with Crippen molar-refractivity contribution in [3.8, 4) is 5.75 Å². The van der Waals surface area contributed by atoms with Crippen molar-refractivity contribution in [3.63, 3.8) is 0 Å². The van der Waals surface area contributed by atoms with Gasteiger partial charge in [-0.1, -0.05) is 34.1 Å². The molecule has 0 saturated heterocycles. The summed E-state index contributed by atoms with van der Waals surface area (Å²) in [4.78, 5) is 25.4. The summed E-state index contributed by atoms with van der Waals surface area (Å²) in [5, 5.41) is 2.97. The fourth-order valence-corrected chi connectivity index (χ4v) is 3.71. The summed E-state index contributed by atoms with van der Waals surface area (Å²) in [6.45, 7) is 9.31. The molecule has 1 saturated carbocycles. The number of benzene rings is 1. The Morgan fingerprint density at radius 2 is 2.07 bits per heavy atom. The van der Waals surface area contributed by atoms with Gasteiger partial charge in [0.1, 0.15) is 16.9 Å². The first-order valence-electron chi connectivity index (χ1n) is 10.6. The second-order valence-electron chi connectivity index (χ2n) is 8.41. The van der Waals surface area contributed by atoms with Crippen LogP contribution in [-0.4, -0.2) is 37.8 Å². The first kappa shape index (κ1) is 23.2. The molecule has 0 heterocycles. The van der Waals surface area contributed by atoms with Gasteiger partial charge in [-0.05, 0) is 55.7 Å². The van der Waals surface area contributed by atoms with E-state index in [0.29, 0.717) is 54.9 Å². The molecule has 1 amide bonds. The maximum absolute atomic E-state index is 13.2. The second kappa shape index (κ2) is 10.6. The van der Waals surface area contributed by atoms with E-state index in [4.69, 9.17) is 14.2 Å². The summed E-state index contributed by atoms with van der Waals surface area (Å²) < 4.78 is 16.7. The number of rotatable bonds is 9. The van der Waals surface area contributed by atoms with Crippen LogP contribution in [-0.2, 0) is 14.3 Å². The van der Waals surface area contributed by atoms with Crippen LogP contribution >= 0.6 is 0 Å². The number of anilines is 1. The number of carbonyl (C=O) groups excluding carboxylic acids is 2. The highest BCUT2D eigenvalue weighted by Gasteiger charge is 2.42. The molecule has 1 N–H and O–H groups in total. The highest BCUT2D eigenvalue weighted by molar-refractivity contribution is 5.99. The van der Waals surface area contributed by atoms with Crippen LogP contribution in [0.5, 0.6) is 5.75 Å². The zero-order valence-electron chi connectivity index (χ0n) is 18.4. The molecule has 0 radical (unpaired) electrons. The smallest absolute Gasteiger partial charge is 0.341 e. The quantitative estimate of drug-likeness (QED) is 0.596. The Balaban J connectivity index is 2.24.